The molecule has 0 aromatic rings. The summed E-state index contributed by atoms with van der Waals surface area (Å²) in [6.45, 7) is 8.34. The Morgan fingerprint density at radius 2 is 2.05 bits per heavy atom. The molecule has 0 aliphatic carbocycles. The van der Waals surface area contributed by atoms with Crippen molar-refractivity contribution in [2.75, 3.05) is 19.7 Å². The molecule has 0 spiro atoms. The lowest BCUT2D eigenvalue weighted by Gasteiger charge is -2.34. The first-order valence-corrected chi connectivity index (χ1v) is 8.61. The molecular formula is C13H26N2O4S. The fourth-order valence-electron chi connectivity index (χ4n) is 2.10. The minimum Gasteiger partial charge on any atom is -0.466 e. The van der Waals surface area contributed by atoms with Gasteiger partial charge in [-0.1, -0.05) is 6.92 Å². The van der Waals surface area contributed by atoms with Crippen LogP contribution >= 0.6 is 0 Å². The van der Waals surface area contributed by atoms with Crippen molar-refractivity contribution < 1.29 is 17.9 Å². The topological polar surface area (TPSA) is 75.7 Å². The normalized spacial score (nSPS) is 21.7. The van der Waals surface area contributed by atoms with E-state index in [0.717, 1.165) is 0 Å². The quantitative estimate of drug-likeness (QED) is 0.750. The van der Waals surface area contributed by atoms with Gasteiger partial charge in [0.2, 0.25) is 0 Å². The molecule has 0 radical (unpaired) electrons. The highest BCUT2D eigenvalue weighted by Crippen LogP contribution is 2.21. The number of rotatable bonds is 6. The molecule has 7 heteroatoms. The van der Waals surface area contributed by atoms with Crippen LogP contribution in [0.1, 0.15) is 47.0 Å². The summed E-state index contributed by atoms with van der Waals surface area (Å²) in [5, 5.41) is 0. The van der Waals surface area contributed by atoms with Gasteiger partial charge in [0.15, 0.2) is 0 Å². The second kappa shape index (κ2) is 6.87. The van der Waals surface area contributed by atoms with E-state index in [1.54, 1.807) is 6.92 Å². The summed E-state index contributed by atoms with van der Waals surface area (Å²) >= 11 is 0. The Hall–Kier alpha value is -0.660. The molecule has 1 fully saturated rings. The predicted molar refractivity (Wildman–Crippen MR) is 77.4 cm³/mol. The van der Waals surface area contributed by atoms with Crippen LogP contribution in [0.15, 0.2) is 0 Å². The van der Waals surface area contributed by atoms with E-state index in [1.165, 1.54) is 4.31 Å². The third-order valence-electron chi connectivity index (χ3n) is 3.63. The van der Waals surface area contributed by atoms with Crippen LogP contribution < -0.4 is 4.72 Å². The van der Waals surface area contributed by atoms with E-state index in [2.05, 4.69) is 4.72 Å². The highest BCUT2D eigenvalue weighted by atomic mass is 32.2. The summed E-state index contributed by atoms with van der Waals surface area (Å²) in [6, 6.07) is 0. The molecule has 118 valence electrons. The van der Waals surface area contributed by atoms with Crippen LogP contribution in [0.3, 0.4) is 0 Å². The fourth-order valence-corrected chi connectivity index (χ4v) is 3.82. The van der Waals surface area contributed by atoms with Crippen molar-refractivity contribution in [3.8, 4) is 0 Å². The summed E-state index contributed by atoms with van der Waals surface area (Å²) in [5.74, 6) is -0.660. The first-order valence-electron chi connectivity index (χ1n) is 7.17. The number of esters is 1. The van der Waals surface area contributed by atoms with Gasteiger partial charge in [0.25, 0.3) is 10.2 Å². The Balaban J connectivity index is 2.73. The first-order chi connectivity index (χ1) is 9.22. The zero-order valence-corrected chi connectivity index (χ0v) is 13.6. The Morgan fingerprint density at radius 1 is 1.40 bits per heavy atom. The number of nitrogens with zero attached hydrogens (tertiary/aromatic N) is 1. The predicted octanol–water partition coefficient (Wildman–Crippen LogP) is 1.28. The molecule has 1 atom stereocenters. The minimum atomic E-state index is -3.56. The molecule has 1 heterocycles. The smallest absolute Gasteiger partial charge is 0.310 e. The van der Waals surface area contributed by atoms with Gasteiger partial charge in [0.1, 0.15) is 0 Å². The maximum absolute atomic E-state index is 12.3. The number of hydrogen-bond acceptors (Lipinski definition) is 4. The van der Waals surface area contributed by atoms with Crippen molar-refractivity contribution in [3.05, 3.63) is 0 Å². The molecule has 20 heavy (non-hydrogen) atoms. The Morgan fingerprint density at radius 3 is 2.60 bits per heavy atom. The highest BCUT2D eigenvalue weighted by molar-refractivity contribution is 7.87. The molecule has 1 aliphatic heterocycles. The van der Waals surface area contributed by atoms with Gasteiger partial charge in [0, 0.05) is 18.6 Å². The maximum Gasteiger partial charge on any atom is 0.310 e. The van der Waals surface area contributed by atoms with Crippen molar-refractivity contribution in [1.82, 2.24) is 9.03 Å². The van der Waals surface area contributed by atoms with E-state index >= 15 is 0 Å². The lowest BCUT2D eigenvalue weighted by Crippen LogP contribution is -2.53. The minimum absolute atomic E-state index is 0.202. The fraction of sp³-hybridized carbons (Fsp3) is 0.923. The Bertz CT molecular complexity index is 434. The zero-order valence-electron chi connectivity index (χ0n) is 12.8. The third-order valence-corrected chi connectivity index (χ3v) is 5.46. The number of piperidine rings is 1. The maximum atomic E-state index is 12.3. The van der Waals surface area contributed by atoms with E-state index in [-0.39, 0.29) is 18.4 Å². The summed E-state index contributed by atoms with van der Waals surface area (Å²) in [5.41, 5.74) is -0.490. The van der Waals surface area contributed by atoms with Gasteiger partial charge in [-0.15, -0.1) is 0 Å². The molecule has 1 rings (SSSR count). The number of hydrogen-bond donors (Lipinski definition) is 1. The van der Waals surface area contributed by atoms with Gasteiger partial charge in [-0.25, -0.2) is 0 Å². The van der Waals surface area contributed by atoms with Gasteiger partial charge in [0.05, 0.1) is 12.5 Å². The Labute approximate surface area is 122 Å². The van der Waals surface area contributed by atoms with Crippen molar-refractivity contribution in [3.63, 3.8) is 0 Å². The van der Waals surface area contributed by atoms with Gasteiger partial charge in [-0.3, -0.25) is 4.79 Å². The molecule has 0 amide bonds. The van der Waals surface area contributed by atoms with Gasteiger partial charge < -0.3 is 4.74 Å². The largest absolute Gasteiger partial charge is 0.466 e. The molecule has 6 nitrogen and oxygen atoms in total. The highest BCUT2D eigenvalue weighted by Gasteiger charge is 2.35. The molecule has 0 aromatic carbocycles. The van der Waals surface area contributed by atoms with Crippen LogP contribution in [0, 0.1) is 5.92 Å². The monoisotopic (exact) mass is 306 g/mol. The van der Waals surface area contributed by atoms with E-state index in [9.17, 15) is 13.2 Å². The van der Waals surface area contributed by atoms with Crippen molar-refractivity contribution >= 4 is 16.2 Å². The van der Waals surface area contributed by atoms with E-state index in [4.69, 9.17) is 4.74 Å². The van der Waals surface area contributed by atoms with Crippen molar-refractivity contribution in [1.29, 1.82) is 0 Å². The van der Waals surface area contributed by atoms with Gasteiger partial charge in [-0.2, -0.15) is 17.4 Å². The van der Waals surface area contributed by atoms with E-state index in [0.29, 0.717) is 32.4 Å². The van der Waals surface area contributed by atoms with E-state index < -0.39 is 15.7 Å². The SMILES string of the molecule is CCOC(=O)[C@@H]1CCCN(S(=O)(=O)NC(C)(C)CC)C1. The molecule has 1 N–H and O–H groups in total. The Kier molecular flexibility index (Phi) is 5.97. The number of carbonyl (C=O) groups is 1. The number of carbonyl (C=O) groups excluding carboxylic acids is 1. The van der Waals surface area contributed by atoms with Crippen LogP contribution in [0.4, 0.5) is 0 Å². The molecule has 0 aromatic heterocycles. The summed E-state index contributed by atoms with van der Waals surface area (Å²) in [6.07, 6.45) is 2.06. The van der Waals surface area contributed by atoms with Crippen LogP contribution in [0.5, 0.6) is 0 Å². The molecule has 0 bridgehead atoms. The summed E-state index contributed by atoms with van der Waals surface area (Å²) in [7, 11) is -3.56. The van der Waals surface area contributed by atoms with Crippen LogP contribution in [-0.4, -0.2) is 43.9 Å². The lowest BCUT2D eigenvalue weighted by atomic mass is 10.0. The molecule has 0 saturated carbocycles. The van der Waals surface area contributed by atoms with Gasteiger partial charge in [-0.05, 0) is 40.0 Å². The second-order valence-corrected chi connectivity index (χ2v) is 7.46. The average molecular weight is 306 g/mol. The molecular weight excluding hydrogens is 280 g/mol. The summed E-state index contributed by atoms with van der Waals surface area (Å²) in [4.78, 5) is 11.7. The van der Waals surface area contributed by atoms with Crippen LogP contribution in [0.25, 0.3) is 0 Å². The average Bonchev–Trinajstić information content (AvgIpc) is 2.38. The first kappa shape index (κ1) is 17.4. The second-order valence-electron chi connectivity index (χ2n) is 5.79. The van der Waals surface area contributed by atoms with Crippen LogP contribution in [-0.2, 0) is 19.7 Å². The molecule has 1 aliphatic rings. The van der Waals surface area contributed by atoms with Crippen molar-refractivity contribution in [2.45, 2.75) is 52.5 Å². The molecule has 1 saturated heterocycles. The zero-order chi connectivity index (χ0) is 15.4. The third kappa shape index (κ3) is 4.71. The molecule has 0 unspecified atom stereocenters. The number of ether oxygens (including phenoxy) is 1. The summed E-state index contributed by atoms with van der Waals surface area (Å²) < 4.78 is 33.7. The standard InChI is InChI=1S/C13H26N2O4S/c1-5-13(3,4)14-20(17,18)15-9-7-8-11(10-15)12(16)19-6-2/h11,14H,5-10H2,1-4H3/t11-/m1/s1. The van der Waals surface area contributed by atoms with Gasteiger partial charge >= 0.3 is 5.97 Å². The lowest BCUT2D eigenvalue weighted by molar-refractivity contribution is -0.149. The van der Waals surface area contributed by atoms with E-state index in [1.807, 2.05) is 20.8 Å². The van der Waals surface area contributed by atoms with Crippen LogP contribution in [0.2, 0.25) is 0 Å². The van der Waals surface area contributed by atoms with Crippen molar-refractivity contribution in [2.24, 2.45) is 5.92 Å². The number of nitrogens with one attached hydrogen (secondary N) is 1.